The number of carbonyl (C=O) groups is 1. The van der Waals surface area contributed by atoms with Crippen LogP contribution < -0.4 is 5.32 Å². The van der Waals surface area contributed by atoms with Gasteiger partial charge in [0.05, 0.1) is 0 Å². The van der Waals surface area contributed by atoms with Gasteiger partial charge in [-0.2, -0.15) is 0 Å². The third-order valence-electron chi connectivity index (χ3n) is 1.64. The van der Waals surface area contributed by atoms with Crippen LogP contribution in [0.2, 0.25) is 0 Å². The van der Waals surface area contributed by atoms with Crippen LogP contribution in [-0.4, -0.2) is 25.7 Å². The first-order valence-corrected chi connectivity index (χ1v) is 4.49. The molecule has 0 saturated carbocycles. The molecule has 0 fully saturated rings. The van der Waals surface area contributed by atoms with Gasteiger partial charge in [-0.15, -0.1) is 0 Å². The number of methoxy groups -OCH3 is 1. The Hall–Kier alpha value is -0.570. The highest BCUT2D eigenvalue weighted by Gasteiger charge is 2.04. The van der Waals surface area contributed by atoms with Gasteiger partial charge in [0.2, 0.25) is 5.91 Å². The maximum Gasteiger partial charge on any atom is 0.220 e. The van der Waals surface area contributed by atoms with Crippen molar-refractivity contribution in [3.05, 3.63) is 0 Å². The Bertz CT molecular complexity index is 126. The average Bonchev–Trinajstić information content (AvgIpc) is 2.01. The van der Waals surface area contributed by atoms with Crippen LogP contribution in [0.25, 0.3) is 0 Å². The van der Waals surface area contributed by atoms with Crippen LogP contribution in [0.5, 0.6) is 0 Å². The van der Waals surface area contributed by atoms with Gasteiger partial charge in [-0.3, -0.25) is 4.79 Å². The van der Waals surface area contributed by atoms with E-state index in [-0.39, 0.29) is 11.9 Å². The Balaban J connectivity index is 3.40. The van der Waals surface area contributed by atoms with Crippen LogP contribution in [-0.2, 0) is 9.53 Å². The Labute approximate surface area is 74.5 Å². The van der Waals surface area contributed by atoms with Crippen molar-refractivity contribution in [1.29, 1.82) is 0 Å². The van der Waals surface area contributed by atoms with Gasteiger partial charge < -0.3 is 10.1 Å². The van der Waals surface area contributed by atoms with E-state index in [0.717, 1.165) is 12.8 Å². The number of rotatable bonds is 6. The first-order valence-electron chi connectivity index (χ1n) is 4.49. The van der Waals surface area contributed by atoms with E-state index in [1.807, 2.05) is 13.8 Å². The normalized spacial score (nSPS) is 12.6. The van der Waals surface area contributed by atoms with E-state index in [4.69, 9.17) is 4.74 Å². The first-order chi connectivity index (χ1) is 5.70. The maximum absolute atomic E-state index is 11.1. The van der Waals surface area contributed by atoms with E-state index in [1.165, 1.54) is 0 Å². The van der Waals surface area contributed by atoms with Gasteiger partial charge in [0.1, 0.15) is 0 Å². The molecule has 0 aliphatic carbocycles. The lowest BCUT2D eigenvalue weighted by atomic mass is 10.2. The summed E-state index contributed by atoms with van der Waals surface area (Å²) >= 11 is 0. The van der Waals surface area contributed by atoms with Crippen LogP contribution in [0, 0.1) is 0 Å². The Morgan fingerprint density at radius 1 is 1.58 bits per heavy atom. The molecule has 0 spiro atoms. The summed E-state index contributed by atoms with van der Waals surface area (Å²) in [6.07, 6.45) is 2.41. The summed E-state index contributed by atoms with van der Waals surface area (Å²) in [6, 6.07) is 0.226. The zero-order valence-corrected chi connectivity index (χ0v) is 8.22. The number of carbonyl (C=O) groups excluding carboxylic acids is 1. The molecule has 1 N–H and O–H groups in total. The van der Waals surface area contributed by atoms with Crippen molar-refractivity contribution >= 4 is 5.91 Å². The van der Waals surface area contributed by atoms with Gasteiger partial charge in [0.15, 0.2) is 0 Å². The topological polar surface area (TPSA) is 38.3 Å². The van der Waals surface area contributed by atoms with Crippen LogP contribution >= 0.6 is 0 Å². The molecule has 1 amide bonds. The SMILES string of the molecule is CCCC(=O)NC(C)CCOC. The minimum Gasteiger partial charge on any atom is -0.385 e. The molecule has 0 aromatic carbocycles. The fourth-order valence-corrected chi connectivity index (χ4v) is 0.941. The molecule has 0 saturated heterocycles. The fraction of sp³-hybridized carbons (Fsp3) is 0.889. The second-order valence-corrected chi connectivity index (χ2v) is 3.00. The largest absolute Gasteiger partial charge is 0.385 e. The summed E-state index contributed by atoms with van der Waals surface area (Å²) in [5.74, 6) is 0.140. The van der Waals surface area contributed by atoms with Crippen LogP contribution in [0.15, 0.2) is 0 Å². The molecule has 0 aromatic heterocycles. The predicted octanol–water partition coefficient (Wildman–Crippen LogP) is 1.33. The van der Waals surface area contributed by atoms with E-state index in [9.17, 15) is 4.79 Å². The molecule has 0 heterocycles. The zero-order valence-electron chi connectivity index (χ0n) is 8.22. The summed E-state index contributed by atoms with van der Waals surface area (Å²) in [5.41, 5.74) is 0. The van der Waals surface area contributed by atoms with Gasteiger partial charge in [0, 0.05) is 26.2 Å². The zero-order chi connectivity index (χ0) is 9.40. The number of ether oxygens (including phenoxy) is 1. The third-order valence-corrected chi connectivity index (χ3v) is 1.64. The molecule has 0 aliphatic rings. The lowest BCUT2D eigenvalue weighted by molar-refractivity contribution is -0.121. The van der Waals surface area contributed by atoms with Gasteiger partial charge in [-0.25, -0.2) is 0 Å². The van der Waals surface area contributed by atoms with Gasteiger partial charge in [0.25, 0.3) is 0 Å². The maximum atomic E-state index is 11.1. The Morgan fingerprint density at radius 2 is 2.25 bits per heavy atom. The molecule has 0 radical (unpaired) electrons. The molecular weight excluding hydrogens is 154 g/mol. The van der Waals surface area contributed by atoms with Crippen molar-refractivity contribution in [2.75, 3.05) is 13.7 Å². The molecule has 3 nitrogen and oxygen atoms in total. The van der Waals surface area contributed by atoms with Gasteiger partial charge in [-0.1, -0.05) is 6.92 Å². The highest BCUT2D eigenvalue weighted by atomic mass is 16.5. The highest BCUT2D eigenvalue weighted by Crippen LogP contribution is 1.93. The van der Waals surface area contributed by atoms with Crippen molar-refractivity contribution in [3.63, 3.8) is 0 Å². The van der Waals surface area contributed by atoms with Gasteiger partial charge >= 0.3 is 0 Å². The number of amides is 1. The number of hydrogen-bond donors (Lipinski definition) is 1. The van der Waals surface area contributed by atoms with Crippen molar-refractivity contribution in [2.45, 2.75) is 39.2 Å². The van der Waals surface area contributed by atoms with Crippen molar-refractivity contribution in [3.8, 4) is 0 Å². The second kappa shape index (κ2) is 7.10. The lowest BCUT2D eigenvalue weighted by Gasteiger charge is -2.12. The number of hydrogen-bond acceptors (Lipinski definition) is 2. The molecule has 1 unspecified atom stereocenters. The van der Waals surface area contributed by atoms with E-state index in [1.54, 1.807) is 7.11 Å². The van der Waals surface area contributed by atoms with Crippen molar-refractivity contribution < 1.29 is 9.53 Å². The monoisotopic (exact) mass is 173 g/mol. The predicted molar refractivity (Wildman–Crippen MR) is 49.0 cm³/mol. The summed E-state index contributed by atoms with van der Waals surface area (Å²) in [5, 5.41) is 2.90. The lowest BCUT2D eigenvalue weighted by Crippen LogP contribution is -2.32. The quantitative estimate of drug-likeness (QED) is 0.658. The Morgan fingerprint density at radius 3 is 2.75 bits per heavy atom. The summed E-state index contributed by atoms with van der Waals surface area (Å²) in [6.45, 7) is 4.69. The smallest absolute Gasteiger partial charge is 0.220 e. The molecule has 0 aromatic rings. The summed E-state index contributed by atoms with van der Waals surface area (Å²) in [4.78, 5) is 11.1. The van der Waals surface area contributed by atoms with E-state index in [2.05, 4.69) is 5.32 Å². The van der Waals surface area contributed by atoms with E-state index >= 15 is 0 Å². The average molecular weight is 173 g/mol. The second-order valence-electron chi connectivity index (χ2n) is 3.00. The molecule has 72 valence electrons. The van der Waals surface area contributed by atoms with E-state index < -0.39 is 0 Å². The molecule has 0 rings (SSSR count). The van der Waals surface area contributed by atoms with Crippen molar-refractivity contribution in [1.82, 2.24) is 5.32 Å². The Kier molecular flexibility index (Phi) is 6.76. The minimum absolute atomic E-state index is 0.140. The molecule has 0 aliphatic heterocycles. The van der Waals surface area contributed by atoms with Gasteiger partial charge in [-0.05, 0) is 19.8 Å². The first kappa shape index (κ1) is 11.4. The molecule has 12 heavy (non-hydrogen) atoms. The molecular formula is C9H19NO2. The third kappa shape index (κ3) is 6.16. The van der Waals surface area contributed by atoms with Crippen LogP contribution in [0.1, 0.15) is 33.1 Å². The molecule has 0 bridgehead atoms. The van der Waals surface area contributed by atoms with Crippen LogP contribution in [0.4, 0.5) is 0 Å². The van der Waals surface area contributed by atoms with Crippen LogP contribution in [0.3, 0.4) is 0 Å². The summed E-state index contributed by atoms with van der Waals surface area (Å²) in [7, 11) is 1.67. The number of nitrogens with one attached hydrogen (secondary N) is 1. The van der Waals surface area contributed by atoms with E-state index in [0.29, 0.717) is 13.0 Å². The summed E-state index contributed by atoms with van der Waals surface area (Å²) < 4.78 is 4.90. The molecule has 1 atom stereocenters. The molecule has 3 heteroatoms. The highest BCUT2D eigenvalue weighted by molar-refractivity contribution is 5.76. The minimum atomic E-state index is 0.140. The van der Waals surface area contributed by atoms with Crippen molar-refractivity contribution in [2.24, 2.45) is 0 Å². The fourth-order valence-electron chi connectivity index (χ4n) is 0.941. The standard InChI is InChI=1S/C9H19NO2/c1-4-5-9(11)10-8(2)6-7-12-3/h8H,4-7H2,1-3H3,(H,10,11).